The summed E-state index contributed by atoms with van der Waals surface area (Å²) in [5.74, 6) is 0.638. The molecule has 0 fully saturated rings. The molecular formula is C20H35N3O3S. The summed E-state index contributed by atoms with van der Waals surface area (Å²) in [7, 11) is 0.890. The van der Waals surface area contributed by atoms with Crippen molar-refractivity contribution in [1.29, 1.82) is 0 Å². The zero-order chi connectivity index (χ0) is 20.3. The zero-order valence-electron chi connectivity index (χ0n) is 17.1. The van der Waals surface area contributed by atoms with Gasteiger partial charge in [-0.15, -0.1) is 0 Å². The van der Waals surface area contributed by atoms with Gasteiger partial charge in [-0.3, -0.25) is 0 Å². The predicted molar refractivity (Wildman–Crippen MR) is 111 cm³/mol. The first-order valence-corrected chi connectivity index (χ1v) is 11.5. The van der Waals surface area contributed by atoms with Gasteiger partial charge in [-0.05, 0) is 32.0 Å². The predicted octanol–water partition coefficient (Wildman–Crippen LogP) is 2.66. The fraction of sp³-hybridized carbons (Fsp3) is 0.650. The summed E-state index contributed by atoms with van der Waals surface area (Å²) < 4.78 is 24.3. The second kappa shape index (κ2) is 12.0. The molecule has 0 aliphatic heterocycles. The molecule has 0 bridgehead atoms. The van der Waals surface area contributed by atoms with Crippen molar-refractivity contribution in [3.05, 3.63) is 35.9 Å². The molecule has 1 rings (SSSR count). The van der Waals surface area contributed by atoms with Gasteiger partial charge in [0.2, 0.25) is 0 Å². The molecule has 0 radical (unpaired) electrons. The van der Waals surface area contributed by atoms with Crippen molar-refractivity contribution < 1.29 is 13.2 Å². The molecule has 1 atom stereocenters. The van der Waals surface area contributed by atoms with Crippen molar-refractivity contribution in [3.63, 3.8) is 0 Å². The molecule has 1 aromatic carbocycles. The van der Waals surface area contributed by atoms with Crippen molar-refractivity contribution in [2.45, 2.75) is 44.9 Å². The molecule has 27 heavy (non-hydrogen) atoms. The highest BCUT2D eigenvalue weighted by Crippen LogP contribution is 2.16. The Balaban J connectivity index is 2.32. The van der Waals surface area contributed by atoms with Crippen LogP contribution in [0.1, 0.15) is 38.7 Å². The third kappa shape index (κ3) is 9.24. The number of sulfone groups is 1. The van der Waals surface area contributed by atoms with E-state index in [-0.39, 0.29) is 23.6 Å². The maximum atomic E-state index is 12.1. The van der Waals surface area contributed by atoms with Crippen molar-refractivity contribution in [2.24, 2.45) is 5.92 Å². The van der Waals surface area contributed by atoms with Gasteiger partial charge in [0.25, 0.3) is 0 Å². The smallest absolute Gasteiger partial charge is 0.314 e. The van der Waals surface area contributed by atoms with E-state index in [9.17, 15) is 13.2 Å². The Bertz CT molecular complexity index is 644. The Morgan fingerprint density at radius 2 is 1.70 bits per heavy atom. The van der Waals surface area contributed by atoms with Gasteiger partial charge in [0.05, 0.1) is 11.5 Å². The van der Waals surface area contributed by atoms with E-state index in [1.165, 1.54) is 0 Å². The highest BCUT2D eigenvalue weighted by Gasteiger charge is 2.21. The van der Waals surface area contributed by atoms with Crippen LogP contribution in [0.25, 0.3) is 0 Å². The second-order valence-corrected chi connectivity index (χ2v) is 9.36. The third-order valence-corrected chi connectivity index (χ3v) is 6.56. The molecule has 0 aliphatic rings. The third-order valence-electron chi connectivity index (χ3n) is 4.88. The van der Waals surface area contributed by atoms with Crippen LogP contribution in [0.15, 0.2) is 30.3 Å². The van der Waals surface area contributed by atoms with Crippen LogP contribution in [0.3, 0.4) is 0 Å². The number of rotatable bonds is 12. The number of carbonyl (C=O) groups excluding carboxylic acids is 1. The Labute approximate surface area is 164 Å². The molecule has 0 spiro atoms. The molecule has 0 unspecified atom stereocenters. The van der Waals surface area contributed by atoms with Gasteiger partial charge in [0, 0.05) is 19.1 Å². The average molecular weight is 398 g/mol. The maximum absolute atomic E-state index is 12.1. The summed E-state index contributed by atoms with van der Waals surface area (Å²) in [4.78, 5) is 14.1. The van der Waals surface area contributed by atoms with Crippen LogP contribution < -0.4 is 10.6 Å². The number of nitrogens with one attached hydrogen (secondary N) is 2. The lowest BCUT2D eigenvalue weighted by Gasteiger charge is -2.31. The van der Waals surface area contributed by atoms with E-state index in [2.05, 4.69) is 29.4 Å². The minimum absolute atomic E-state index is 0.0416. The maximum Gasteiger partial charge on any atom is 0.314 e. The van der Waals surface area contributed by atoms with Crippen LogP contribution in [0.4, 0.5) is 4.79 Å². The quantitative estimate of drug-likeness (QED) is 0.532. The molecule has 0 aliphatic carbocycles. The minimum Gasteiger partial charge on any atom is -0.338 e. The number of urea groups is 1. The summed E-state index contributed by atoms with van der Waals surface area (Å²) >= 11 is 0. The lowest BCUT2D eigenvalue weighted by molar-refractivity contribution is 0.190. The Morgan fingerprint density at radius 3 is 2.26 bits per heavy atom. The molecule has 0 saturated carbocycles. The van der Waals surface area contributed by atoms with Crippen LogP contribution in [0.5, 0.6) is 0 Å². The van der Waals surface area contributed by atoms with Gasteiger partial charge in [0.1, 0.15) is 0 Å². The summed E-state index contributed by atoms with van der Waals surface area (Å²) in [6.45, 7) is 5.26. The number of likely N-dealkylation sites (N-methyl/N-ethyl adjacent to an activating group) is 1. The van der Waals surface area contributed by atoms with Crippen molar-refractivity contribution >= 4 is 15.9 Å². The monoisotopic (exact) mass is 397 g/mol. The van der Waals surface area contributed by atoms with Gasteiger partial charge in [-0.25, -0.2) is 13.2 Å². The molecule has 2 amide bonds. The molecular weight excluding hydrogens is 362 g/mol. The molecule has 0 aromatic heterocycles. The lowest BCUT2D eigenvalue weighted by Crippen LogP contribution is -2.47. The van der Waals surface area contributed by atoms with Crippen molar-refractivity contribution in [3.8, 4) is 0 Å². The number of hydrogen-bond donors (Lipinski definition) is 2. The first-order chi connectivity index (χ1) is 12.8. The van der Waals surface area contributed by atoms with Gasteiger partial charge in [-0.2, -0.15) is 0 Å². The van der Waals surface area contributed by atoms with Crippen LogP contribution in [0.2, 0.25) is 0 Å². The standard InChI is InChI=1S/C20H35N3O3S/c1-5-18(6-2)19(23(3)4)15-22-20(24)21-13-10-14-27(25,26)16-17-11-8-7-9-12-17/h7-9,11-12,18-19H,5-6,10,13-16H2,1-4H3,(H2,21,22,24)/t19-/m1/s1. The van der Waals surface area contributed by atoms with Crippen LogP contribution in [-0.4, -0.2) is 58.3 Å². The van der Waals surface area contributed by atoms with Gasteiger partial charge >= 0.3 is 6.03 Å². The van der Waals surface area contributed by atoms with E-state index in [0.717, 1.165) is 18.4 Å². The first-order valence-electron chi connectivity index (χ1n) is 9.71. The summed E-state index contributed by atoms with van der Waals surface area (Å²) in [5, 5.41) is 5.66. The Hall–Kier alpha value is -1.60. The number of benzene rings is 1. The lowest BCUT2D eigenvalue weighted by atomic mass is 9.93. The van der Waals surface area contributed by atoms with E-state index >= 15 is 0 Å². The van der Waals surface area contributed by atoms with Crippen molar-refractivity contribution in [1.82, 2.24) is 15.5 Å². The summed E-state index contributed by atoms with van der Waals surface area (Å²) in [6.07, 6.45) is 2.55. The van der Waals surface area contributed by atoms with Gasteiger partial charge in [0.15, 0.2) is 9.84 Å². The van der Waals surface area contributed by atoms with E-state index in [1.54, 1.807) is 0 Å². The highest BCUT2D eigenvalue weighted by molar-refractivity contribution is 7.90. The van der Waals surface area contributed by atoms with Crippen LogP contribution >= 0.6 is 0 Å². The highest BCUT2D eigenvalue weighted by atomic mass is 32.2. The van der Waals surface area contributed by atoms with Gasteiger partial charge < -0.3 is 15.5 Å². The topological polar surface area (TPSA) is 78.5 Å². The summed E-state index contributed by atoms with van der Waals surface area (Å²) in [6, 6.07) is 9.20. The molecule has 1 aromatic rings. The minimum atomic E-state index is -3.17. The second-order valence-electron chi connectivity index (χ2n) is 7.18. The van der Waals surface area contributed by atoms with Crippen LogP contribution in [0, 0.1) is 5.92 Å². The molecule has 6 nitrogen and oxygen atoms in total. The zero-order valence-corrected chi connectivity index (χ0v) is 17.9. The molecule has 2 N–H and O–H groups in total. The molecule has 154 valence electrons. The average Bonchev–Trinajstić information content (AvgIpc) is 2.62. The molecule has 7 heteroatoms. The van der Waals surface area contributed by atoms with Crippen molar-refractivity contribution in [2.75, 3.05) is 32.9 Å². The van der Waals surface area contributed by atoms with E-state index in [0.29, 0.717) is 25.4 Å². The van der Waals surface area contributed by atoms with E-state index < -0.39 is 9.84 Å². The SMILES string of the molecule is CCC(CC)[C@@H](CNC(=O)NCCCS(=O)(=O)Cc1ccccc1)N(C)C. The number of amides is 2. The fourth-order valence-corrected chi connectivity index (χ4v) is 4.69. The Morgan fingerprint density at radius 1 is 1.07 bits per heavy atom. The normalized spacial score (nSPS) is 13.0. The van der Waals surface area contributed by atoms with E-state index in [4.69, 9.17) is 0 Å². The largest absolute Gasteiger partial charge is 0.338 e. The van der Waals surface area contributed by atoms with Gasteiger partial charge in [-0.1, -0.05) is 57.0 Å². The van der Waals surface area contributed by atoms with E-state index in [1.807, 2.05) is 44.4 Å². The number of carbonyl (C=O) groups is 1. The number of hydrogen-bond acceptors (Lipinski definition) is 4. The Kier molecular flexibility index (Phi) is 10.4. The first kappa shape index (κ1) is 23.4. The summed E-state index contributed by atoms with van der Waals surface area (Å²) in [5.41, 5.74) is 0.791. The fourth-order valence-electron chi connectivity index (χ4n) is 3.26. The number of nitrogens with zero attached hydrogens (tertiary/aromatic N) is 1. The molecule has 0 saturated heterocycles. The molecule has 0 heterocycles. The van der Waals surface area contributed by atoms with Crippen LogP contribution in [-0.2, 0) is 15.6 Å².